The molecule has 6 nitrogen and oxygen atoms in total. The predicted octanol–water partition coefficient (Wildman–Crippen LogP) is 5.16. The molecule has 29 heavy (non-hydrogen) atoms. The van der Waals surface area contributed by atoms with E-state index in [-0.39, 0.29) is 5.82 Å². The van der Waals surface area contributed by atoms with Gasteiger partial charge in [-0.3, -0.25) is 0 Å². The van der Waals surface area contributed by atoms with Gasteiger partial charge in [-0.25, -0.2) is 4.39 Å². The fraction of sp³-hybridized carbons (Fsp3) is 0.0455. The Labute approximate surface area is 167 Å². The van der Waals surface area contributed by atoms with Gasteiger partial charge in [-0.1, -0.05) is 42.5 Å². The molecule has 144 valence electrons. The third-order valence-corrected chi connectivity index (χ3v) is 4.05. The Morgan fingerprint density at radius 3 is 2.45 bits per heavy atom. The van der Waals surface area contributed by atoms with Crippen LogP contribution in [0.1, 0.15) is 5.56 Å². The van der Waals surface area contributed by atoms with Crippen molar-refractivity contribution in [2.45, 2.75) is 6.54 Å². The van der Waals surface area contributed by atoms with Gasteiger partial charge in [0.1, 0.15) is 11.6 Å². The molecule has 0 aliphatic rings. The number of rotatable bonds is 7. The number of para-hydroxylation sites is 3. The topological polar surface area (TPSA) is 72.0 Å². The summed E-state index contributed by atoms with van der Waals surface area (Å²) in [6.45, 7) is 0.492. The number of hydrogen-bond donors (Lipinski definition) is 2. The van der Waals surface area contributed by atoms with E-state index < -0.39 is 0 Å². The van der Waals surface area contributed by atoms with Crippen molar-refractivity contribution in [1.82, 2.24) is 15.2 Å². The molecule has 4 aromatic rings. The lowest BCUT2D eigenvalue weighted by molar-refractivity contribution is 0.485. The average molecular weight is 387 g/mol. The van der Waals surface area contributed by atoms with Gasteiger partial charge in [0.25, 0.3) is 0 Å². The van der Waals surface area contributed by atoms with Crippen molar-refractivity contribution in [3.63, 3.8) is 0 Å². The monoisotopic (exact) mass is 387 g/mol. The second kappa shape index (κ2) is 8.79. The lowest BCUT2D eigenvalue weighted by atomic mass is 10.2. The third kappa shape index (κ3) is 5.04. The van der Waals surface area contributed by atoms with Crippen LogP contribution >= 0.6 is 0 Å². The Balaban J connectivity index is 1.46. The molecule has 0 bridgehead atoms. The Morgan fingerprint density at radius 2 is 1.62 bits per heavy atom. The summed E-state index contributed by atoms with van der Waals surface area (Å²) in [6, 6.07) is 23.3. The SMILES string of the molecule is Fc1ccc(CNc2cnnc(Nc3ccccc3Oc3ccccc3)n2)cc1. The highest BCUT2D eigenvalue weighted by molar-refractivity contribution is 5.63. The Bertz CT molecular complexity index is 1070. The Morgan fingerprint density at radius 1 is 0.862 bits per heavy atom. The Kier molecular flexibility index (Phi) is 5.57. The van der Waals surface area contributed by atoms with Crippen LogP contribution in [-0.4, -0.2) is 15.2 Å². The first-order valence-electron chi connectivity index (χ1n) is 9.03. The van der Waals surface area contributed by atoms with Gasteiger partial charge in [-0.2, -0.15) is 10.1 Å². The van der Waals surface area contributed by atoms with Crippen LogP contribution in [0, 0.1) is 5.82 Å². The minimum atomic E-state index is -0.264. The summed E-state index contributed by atoms with van der Waals surface area (Å²) in [5, 5.41) is 14.3. The van der Waals surface area contributed by atoms with Crippen molar-refractivity contribution < 1.29 is 9.13 Å². The van der Waals surface area contributed by atoms with E-state index in [4.69, 9.17) is 4.74 Å². The minimum Gasteiger partial charge on any atom is -0.455 e. The molecule has 0 saturated heterocycles. The van der Waals surface area contributed by atoms with Crippen LogP contribution in [0.25, 0.3) is 0 Å². The maximum absolute atomic E-state index is 13.0. The summed E-state index contributed by atoms with van der Waals surface area (Å²) in [6.07, 6.45) is 1.53. The first-order chi connectivity index (χ1) is 14.3. The van der Waals surface area contributed by atoms with E-state index >= 15 is 0 Å². The molecule has 2 N–H and O–H groups in total. The molecule has 0 fully saturated rings. The van der Waals surface area contributed by atoms with Crippen molar-refractivity contribution in [3.8, 4) is 11.5 Å². The van der Waals surface area contributed by atoms with Crippen molar-refractivity contribution >= 4 is 17.5 Å². The van der Waals surface area contributed by atoms with Crippen molar-refractivity contribution in [2.24, 2.45) is 0 Å². The van der Waals surface area contributed by atoms with Gasteiger partial charge in [-0.05, 0) is 42.0 Å². The van der Waals surface area contributed by atoms with Gasteiger partial charge in [0.2, 0.25) is 5.95 Å². The fourth-order valence-corrected chi connectivity index (χ4v) is 2.63. The van der Waals surface area contributed by atoms with E-state index in [1.54, 1.807) is 12.1 Å². The highest BCUT2D eigenvalue weighted by Gasteiger charge is 2.07. The van der Waals surface area contributed by atoms with E-state index in [9.17, 15) is 4.39 Å². The molecule has 0 aliphatic carbocycles. The second-order valence-electron chi connectivity index (χ2n) is 6.18. The van der Waals surface area contributed by atoms with Gasteiger partial charge in [0, 0.05) is 6.54 Å². The van der Waals surface area contributed by atoms with Crippen LogP contribution in [-0.2, 0) is 6.54 Å². The lowest BCUT2D eigenvalue weighted by Gasteiger charge is -2.12. The van der Waals surface area contributed by atoms with Crippen LogP contribution in [0.4, 0.5) is 21.8 Å². The van der Waals surface area contributed by atoms with Crippen LogP contribution < -0.4 is 15.4 Å². The number of benzene rings is 3. The first-order valence-corrected chi connectivity index (χ1v) is 9.03. The summed E-state index contributed by atoms with van der Waals surface area (Å²) in [5.74, 6) is 1.99. The van der Waals surface area contributed by atoms with Crippen LogP contribution in [0.3, 0.4) is 0 Å². The molecular weight excluding hydrogens is 369 g/mol. The normalized spacial score (nSPS) is 10.4. The molecule has 3 aromatic carbocycles. The molecule has 7 heteroatoms. The fourth-order valence-electron chi connectivity index (χ4n) is 2.63. The van der Waals surface area contributed by atoms with Crippen LogP contribution in [0.15, 0.2) is 85.1 Å². The highest BCUT2D eigenvalue weighted by atomic mass is 19.1. The zero-order valence-corrected chi connectivity index (χ0v) is 15.4. The van der Waals surface area contributed by atoms with Crippen LogP contribution in [0.5, 0.6) is 11.5 Å². The lowest BCUT2D eigenvalue weighted by Crippen LogP contribution is -2.06. The maximum Gasteiger partial charge on any atom is 0.249 e. The summed E-state index contributed by atoms with van der Waals surface area (Å²) < 4.78 is 19.0. The summed E-state index contributed by atoms with van der Waals surface area (Å²) in [7, 11) is 0. The van der Waals surface area contributed by atoms with Crippen molar-refractivity contribution in [2.75, 3.05) is 10.6 Å². The van der Waals surface area contributed by atoms with Gasteiger partial charge in [0.15, 0.2) is 11.6 Å². The minimum absolute atomic E-state index is 0.264. The number of nitrogens with zero attached hydrogens (tertiary/aromatic N) is 3. The smallest absolute Gasteiger partial charge is 0.249 e. The third-order valence-electron chi connectivity index (χ3n) is 4.05. The zero-order chi connectivity index (χ0) is 19.9. The molecule has 1 heterocycles. The largest absolute Gasteiger partial charge is 0.455 e. The predicted molar refractivity (Wildman–Crippen MR) is 110 cm³/mol. The number of halogens is 1. The molecule has 0 spiro atoms. The zero-order valence-electron chi connectivity index (χ0n) is 15.4. The van der Waals surface area contributed by atoms with Gasteiger partial charge in [0.05, 0.1) is 11.9 Å². The molecule has 0 saturated carbocycles. The molecule has 0 amide bonds. The van der Waals surface area contributed by atoms with Gasteiger partial charge >= 0.3 is 0 Å². The van der Waals surface area contributed by atoms with Crippen molar-refractivity contribution in [3.05, 3.63) is 96.4 Å². The van der Waals surface area contributed by atoms with Crippen molar-refractivity contribution in [1.29, 1.82) is 0 Å². The van der Waals surface area contributed by atoms with E-state index in [1.165, 1.54) is 18.3 Å². The summed E-state index contributed by atoms with van der Waals surface area (Å²) >= 11 is 0. The second-order valence-corrected chi connectivity index (χ2v) is 6.18. The quantitative estimate of drug-likeness (QED) is 0.456. The number of nitrogens with one attached hydrogen (secondary N) is 2. The molecule has 0 atom stereocenters. The van der Waals surface area contributed by atoms with E-state index in [2.05, 4.69) is 25.8 Å². The summed E-state index contributed by atoms with van der Waals surface area (Å²) in [5.41, 5.74) is 1.65. The molecule has 0 radical (unpaired) electrons. The van der Waals surface area contributed by atoms with E-state index in [0.29, 0.717) is 29.7 Å². The Hall–Kier alpha value is -4.00. The number of aromatic nitrogens is 3. The molecule has 0 aliphatic heterocycles. The molecular formula is C22H18FN5O. The number of hydrogen-bond acceptors (Lipinski definition) is 6. The molecule has 4 rings (SSSR count). The van der Waals surface area contributed by atoms with Crippen LogP contribution in [0.2, 0.25) is 0 Å². The highest BCUT2D eigenvalue weighted by Crippen LogP contribution is 2.30. The molecule has 0 unspecified atom stereocenters. The van der Waals surface area contributed by atoms with E-state index in [1.807, 2.05) is 54.6 Å². The van der Waals surface area contributed by atoms with Gasteiger partial charge in [-0.15, -0.1) is 5.10 Å². The first kappa shape index (κ1) is 18.4. The van der Waals surface area contributed by atoms with E-state index in [0.717, 1.165) is 11.3 Å². The average Bonchev–Trinajstić information content (AvgIpc) is 2.76. The number of anilines is 3. The maximum atomic E-state index is 13.0. The number of ether oxygens (including phenoxy) is 1. The summed E-state index contributed by atoms with van der Waals surface area (Å²) in [4.78, 5) is 4.42. The standard InChI is InChI=1S/C22H18FN5O/c23-17-12-10-16(11-13-17)14-24-21-15-25-28-22(27-21)26-19-8-4-5-9-20(19)29-18-6-2-1-3-7-18/h1-13,15H,14H2,(H2,24,26,27,28). The molecule has 1 aromatic heterocycles. The van der Waals surface area contributed by atoms with Gasteiger partial charge < -0.3 is 15.4 Å².